The Morgan fingerprint density at radius 2 is 1.12 bits per heavy atom. The summed E-state index contributed by atoms with van der Waals surface area (Å²) in [5.41, 5.74) is 26.0. The molecule has 4 heteroatoms. The topological polar surface area (TPSA) is 104 Å². The number of rotatable bonds is 4. The van der Waals surface area contributed by atoms with Gasteiger partial charge in [-0.1, -0.05) is 26.0 Å². The molecule has 8 N–H and O–H groups in total. The molecule has 32 heavy (non-hydrogen) atoms. The van der Waals surface area contributed by atoms with Crippen molar-refractivity contribution in [3.63, 3.8) is 0 Å². The van der Waals surface area contributed by atoms with Gasteiger partial charge in [0.25, 0.3) is 0 Å². The fourth-order valence-electron chi connectivity index (χ4n) is 6.34. The van der Waals surface area contributed by atoms with Crippen LogP contribution in [0.4, 0.5) is 5.69 Å². The molecule has 0 aliphatic heterocycles. The number of benzene rings is 1. The fraction of sp³-hybridized carbons (Fsp3) is 0.786. The van der Waals surface area contributed by atoms with E-state index < -0.39 is 0 Å². The van der Waals surface area contributed by atoms with Gasteiger partial charge in [0.15, 0.2) is 0 Å². The predicted molar refractivity (Wildman–Crippen MR) is 138 cm³/mol. The fourth-order valence-corrected chi connectivity index (χ4v) is 6.34. The quantitative estimate of drug-likeness (QED) is 0.479. The molecule has 0 radical (unpaired) electrons. The number of hydrogen-bond donors (Lipinski definition) is 4. The zero-order chi connectivity index (χ0) is 23.1. The Hall–Kier alpha value is -1.10. The van der Waals surface area contributed by atoms with Gasteiger partial charge in [0.2, 0.25) is 0 Å². The summed E-state index contributed by atoms with van der Waals surface area (Å²) in [6.45, 7) is 4.66. The van der Waals surface area contributed by atoms with Crippen LogP contribution in [0, 0.1) is 29.6 Å². The van der Waals surface area contributed by atoms with Crippen LogP contribution >= 0.6 is 0 Å². The van der Waals surface area contributed by atoms with Gasteiger partial charge in [-0.2, -0.15) is 0 Å². The molecule has 4 rings (SSSR count). The van der Waals surface area contributed by atoms with Crippen LogP contribution in [0.5, 0.6) is 0 Å². The van der Waals surface area contributed by atoms with Crippen molar-refractivity contribution in [2.75, 3.05) is 5.73 Å². The van der Waals surface area contributed by atoms with E-state index in [0.29, 0.717) is 18.1 Å². The van der Waals surface area contributed by atoms with E-state index in [4.69, 9.17) is 22.9 Å². The number of anilines is 1. The van der Waals surface area contributed by atoms with Crippen LogP contribution in [0.25, 0.3) is 0 Å². The van der Waals surface area contributed by atoms with Crippen molar-refractivity contribution in [1.82, 2.24) is 0 Å². The van der Waals surface area contributed by atoms with E-state index in [1.807, 2.05) is 12.1 Å². The normalized spacial score (nSPS) is 37.9. The van der Waals surface area contributed by atoms with Crippen molar-refractivity contribution in [3.8, 4) is 0 Å². The zero-order valence-electron chi connectivity index (χ0n) is 20.7. The molecule has 1 aromatic rings. The van der Waals surface area contributed by atoms with E-state index >= 15 is 0 Å². The molecule has 0 saturated heterocycles. The Balaban J connectivity index is 0.000000182. The Morgan fingerprint density at radius 1 is 0.656 bits per heavy atom. The van der Waals surface area contributed by atoms with Gasteiger partial charge in [-0.05, 0) is 124 Å². The summed E-state index contributed by atoms with van der Waals surface area (Å²) in [4.78, 5) is 0. The number of hydrogen-bond acceptors (Lipinski definition) is 4. The molecule has 182 valence electrons. The van der Waals surface area contributed by atoms with Crippen LogP contribution in [0.15, 0.2) is 24.3 Å². The van der Waals surface area contributed by atoms with Gasteiger partial charge in [0.05, 0.1) is 0 Å². The molecule has 6 unspecified atom stereocenters. The van der Waals surface area contributed by atoms with Gasteiger partial charge in [-0.3, -0.25) is 0 Å². The second-order valence-electron chi connectivity index (χ2n) is 11.6. The molecule has 0 bridgehead atoms. The number of nitrogens with two attached hydrogens (primary N) is 4. The van der Waals surface area contributed by atoms with Gasteiger partial charge in [0.1, 0.15) is 0 Å². The van der Waals surface area contributed by atoms with E-state index in [1.165, 1.54) is 82.6 Å². The Kier molecular flexibility index (Phi) is 9.88. The molecular formula is C28H50N4. The molecule has 3 aliphatic rings. The maximum atomic E-state index is 6.10. The van der Waals surface area contributed by atoms with Gasteiger partial charge >= 0.3 is 0 Å². The van der Waals surface area contributed by atoms with Crippen LogP contribution in [0.3, 0.4) is 0 Å². The lowest BCUT2D eigenvalue weighted by molar-refractivity contribution is 0.169. The van der Waals surface area contributed by atoms with Gasteiger partial charge in [0, 0.05) is 23.8 Å². The lowest BCUT2D eigenvalue weighted by Crippen LogP contribution is -2.37. The minimum Gasteiger partial charge on any atom is -0.399 e. The van der Waals surface area contributed by atoms with Crippen molar-refractivity contribution >= 4 is 5.69 Å². The average molecular weight is 443 g/mol. The smallest absolute Gasteiger partial charge is 0.0314 e. The Labute approximate surface area is 197 Å². The summed E-state index contributed by atoms with van der Waals surface area (Å²) >= 11 is 0. The Bertz CT molecular complexity index is 628. The van der Waals surface area contributed by atoms with E-state index in [9.17, 15) is 0 Å². The largest absolute Gasteiger partial charge is 0.399 e. The first-order valence-electron chi connectivity index (χ1n) is 13.4. The monoisotopic (exact) mass is 442 g/mol. The third-order valence-electron chi connectivity index (χ3n) is 8.75. The second-order valence-corrected chi connectivity index (χ2v) is 11.6. The van der Waals surface area contributed by atoms with Crippen molar-refractivity contribution in [1.29, 1.82) is 0 Å². The zero-order valence-corrected chi connectivity index (χ0v) is 20.7. The molecule has 1 aromatic carbocycles. The molecule has 3 aliphatic carbocycles. The minimum absolute atomic E-state index is 0.452. The number of nitrogen functional groups attached to an aromatic ring is 1. The van der Waals surface area contributed by atoms with Crippen molar-refractivity contribution < 1.29 is 0 Å². The van der Waals surface area contributed by atoms with Gasteiger partial charge in [-0.25, -0.2) is 0 Å². The standard InChI is InChI=1S/C15H30N2.C13H20N2/c1-10-7-12(3-5-14(10)16)9-13-4-6-15(17)11(2)8-13;14-12-5-1-10(2-6-12)9-11-3-7-13(15)8-4-11/h10-15H,3-9,16-17H2,1-2H3;1-2,5-6,11,13H,3-4,7-9,14-15H2. The summed E-state index contributed by atoms with van der Waals surface area (Å²) in [5, 5.41) is 0. The van der Waals surface area contributed by atoms with E-state index in [-0.39, 0.29) is 0 Å². The van der Waals surface area contributed by atoms with E-state index in [2.05, 4.69) is 26.0 Å². The molecule has 0 amide bonds. The molecule has 0 heterocycles. The summed E-state index contributed by atoms with van der Waals surface area (Å²) in [6, 6.07) is 9.64. The molecule has 0 aromatic heterocycles. The van der Waals surface area contributed by atoms with Crippen molar-refractivity contribution in [2.45, 2.75) is 109 Å². The summed E-state index contributed by atoms with van der Waals surface area (Å²) in [6.07, 6.45) is 15.5. The third-order valence-corrected chi connectivity index (χ3v) is 8.75. The highest BCUT2D eigenvalue weighted by atomic mass is 14.7. The van der Waals surface area contributed by atoms with E-state index in [0.717, 1.165) is 35.3 Å². The van der Waals surface area contributed by atoms with Crippen LogP contribution < -0.4 is 22.9 Å². The average Bonchev–Trinajstić information content (AvgIpc) is 2.77. The Morgan fingerprint density at radius 3 is 1.59 bits per heavy atom. The minimum atomic E-state index is 0.452. The van der Waals surface area contributed by atoms with Crippen LogP contribution in [0.1, 0.15) is 90.0 Å². The molecular weight excluding hydrogens is 392 g/mol. The van der Waals surface area contributed by atoms with Crippen molar-refractivity contribution in [3.05, 3.63) is 29.8 Å². The van der Waals surface area contributed by atoms with Crippen LogP contribution in [-0.4, -0.2) is 18.1 Å². The molecule has 6 atom stereocenters. The van der Waals surface area contributed by atoms with Gasteiger partial charge in [-0.15, -0.1) is 0 Å². The second kappa shape index (κ2) is 12.4. The molecule has 0 spiro atoms. The first-order valence-corrected chi connectivity index (χ1v) is 13.4. The van der Waals surface area contributed by atoms with E-state index in [1.54, 1.807) is 0 Å². The lowest BCUT2D eigenvalue weighted by atomic mass is 9.71. The predicted octanol–water partition coefficient (Wildman–Crippen LogP) is 5.23. The molecule has 3 fully saturated rings. The summed E-state index contributed by atoms with van der Waals surface area (Å²) < 4.78 is 0. The highest BCUT2D eigenvalue weighted by Crippen LogP contribution is 2.38. The first-order chi connectivity index (χ1) is 15.3. The highest BCUT2D eigenvalue weighted by molar-refractivity contribution is 5.39. The summed E-state index contributed by atoms with van der Waals surface area (Å²) in [7, 11) is 0. The molecule has 4 nitrogen and oxygen atoms in total. The maximum Gasteiger partial charge on any atom is 0.0314 e. The summed E-state index contributed by atoms with van der Waals surface area (Å²) in [5.74, 6) is 4.18. The van der Waals surface area contributed by atoms with Gasteiger partial charge < -0.3 is 22.9 Å². The van der Waals surface area contributed by atoms with Crippen molar-refractivity contribution in [2.24, 2.45) is 46.8 Å². The van der Waals surface area contributed by atoms with Crippen LogP contribution in [-0.2, 0) is 6.42 Å². The SMILES string of the molecule is CC1CC(CC2CCC(N)C(C)C2)CCC1N.Nc1ccc(CC2CCC(N)CC2)cc1. The first kappa shape index (κ1) is 25.5. The molecule has 3 saturated carbocycles. The third kappa shape index (κ3) is 8.04. The lowest BCUT2D eigenvalue weighted by Gasteiger charge is -2.37. The van der Waals surface area contributed by atoms with Crippen LogP contribution in [0.2, 0.25) is 0 Å². The highest BCUT2D eigenvalue weighted by Gasteiger charge is 2.30. The maximum absolute atomic E-state index is 6.10.